The third-order valence-electron chi connectivity index (χ3n) is 2.51. The number of hydrogen-bond donors (Lipinski definition) is 1. The molecule has 2 rings (SSSR count). The van der Waals surface area contributed by atoms with Gasteiger partial charge in [0.1, 0.15) is 11.3 Å². The standard InChI is InChI=1S/C15H14N2O3/c1-2-20-15(19)13-10-12(8-9-14(13)18)17-16-11-6-4-3-5-7-11/h3-10,18H,2H2,1H3/b17-16+. The van der Waals surface area contributed by atoms with Crippen molar-refractivity contribution >= 4 is 17.3 Å². The zero-order valence-corrected chi connectivity index (χ0v) is 11.0. The summed E-state index contributed by atoms with van der Waals surface area (Å²) in [5.41, 5.74) is 1.25. The van der Waals surface area contributed by atoms with Gasteiger partial charge in [0.15, 0.2) is 0 Å². The lowest BCUT2D eigenvalue weighted by Crippen LogP contribution is -2.04. The Morgan fingerprint density at radius 1 is 1.10 bits per heavy atom. The van der Waals surface area contributed by atoms with Crippen molar-refractivity contribution in [3.8, 4) is 5.75 Å². The molecule has 0 aromatic heterocycles. The zero-order chi connectivity index (χ0) is 14.4. The molecule has 0 radical (unpaired) electrons. The van der Waals surface area contributed by atoms with Gasteiger partial charge in [-0.2, -0.15) is 10.2 Å². The molecule has 5 heteroatoms. The summed E-state index contributed by atoms with van der Waals surface area (Å²) in [5, 5.41) is 17.7. The first-order valence-corrected chi connectivity index (χ1v) is 6.17. The van der Waals surface area contributed by atoms with Crippen LogP contribution in [0.3, 0.4) is 0 Å². The number of rotatable bonds is 4. The maximum Gasteiger partial charge on any atom is 0.341 e. The van der Waals surface area contributed by atoms with Gasteiger partial charge in [-0.15, -0.1) is 0 Å². The summed E-state index contributed by atoms with van der Waals surface area (Å²) in [6.07, 6.45) is 0. The first kappa shape index (κ1) is 13.7. The van der Waals surface area contributed by atoms with E-state index in [2.05, 4.69) is 10.2 Å². The molecule has 0 aliphatic carbocycles. The summed E-state index contributed by atoms with van der Waals surface area (Å²) in [4.78, 5) is 11.6. The van der Waals surface area contributed by atoms with Gasteiger partial charge < -0.3 is 9.84 Å². The van der Waals surface area contributed by atoms with Gasteiger partial charge >= 0.3 is 5.97 Å². The van der Waals surface area contributed by atoms with E-state index in [4.69, 9.17) is 4.74 Å². The minimum atomic E-state index is -0.582. The summed E-state index contributed by atoms with van der Waals surface area (Å²) >= 11 is 0. The summed E-state index contributed by atoms with van der Waals surface area (Å²) in [6.45, 7) is 1.95. The van der Waals surface area contributed by atoms with E-state index in [1.54, 1.807) is 13.0 Å². The van der Waals surface area contributed by atoms with Gasteiger partial charge in [0, 0.05) is 0 Å². The van der Waals surface area contributed by atoms with Crippen molar-refractivity contribution in [3.63, 3.8) is 0 Å². The van der Waals surface area contributed by atoms with Crippen molar-refractivity contribution < 1.29 is 14.6 Å². The Hall–Kier alpha value is -2.69. The summed E-state index contributed by atoms with van der Waals surface area (Å²) < 4.78 is 4.86. The highest BCUT2D eigenvalue weighted by molar-refractivity contribution is 5.93. The van der Waals surface area contributed by atoms with Crippen LogP contribution < -0.4 is 0 Å². The fraction of sp³-hybridized carbons (Fsp3) is 0.133. The Kier molecular flexibility index (Phi) is 4.44. The molecule has 2 aromatic carbocycles. The quantitative estimate of drug-likeness (QED) is 0.674. The number of carbonyl (C=O) groups excluding carboxylic acids is 1. The van der Waals surface area contributed by atoms with Crippen LogP contribution in [-0.2, 0) is 4.74 Å². The van der Waals surface area contributed by atoms with E-state index in [-0.39, 0.29) is 17.9 Å². The normalized spacial score (nSPS) is 10.7. The molecule has 102 valence electrons. The molecule has 0 amide bonds. The number of esters is 1. The Balaban J connectivity index is 2.23. The number of ether oxygens (including phenoxy) is 1. The van der Waals surface area contributed by atoms with Crippen LogP contribution >= 0.6 is 0 Å². The molecule has 0 atom stereocenters. The van der Waals surface area contributed by atoms with Crippen LogP contribution in [0.15, 0.2) is 58.8 Å². The van der Waals surface area contributed by atoms with E-state index in [1.165, 1.54) is 12.1 Å². The number of azo groups is 1. The second-order valence-corrected chi connectivity index (χ2v) is 3.96. The van der Waals surface area contributed by atoms with Gasteiger partial charge in [-0.3, -0.25) is 0 Å². The number of carbonyl (C=O) groups is 1. The summed E-state index contributed by atoms with van der Waals surface area (Å²) in [5.74, 6) is -0.719. The molecule has 2 aromatic rings. The number of hydrogen-bond acceptors (Lipinski definition) is 5. The molecular weight excluding hydrogens is 256 g/mol. The van der Waals surface area contributed by atoms with Crippen molar-refractivity contribution in [2.45, 2.75) is 6.92 Å². The van der Waals surface area contributed by atoms with Crippen LogP contribution in [0.4, 0.5) is 11.4 Å². The van der Waals surface area contributed by atoms with Gasteiger partial charge in [0.05, 0.1) is 18.0 Å². The molecule has 0 saturated carbocycles. The number of nitrogens with zero attached hydrogens (tertiary/aromatic N) is 2. The molecule has 0 unspecified atom stereocenters. The van der Waals surface area contributed by atoms with Crippen molar-refractivity contribution in [2.24, 2.45) is 10.2 Å². The lowest BCUT2D eigenvalue weighted by atomic mass is 10.2. The molecule has 0 aliphatic rings. The Morgan fingerprint density at radius 3 is 2.50 bits per heavy atom. The molecule has 1 N–H and O–H groups in total. The van der Waals surface area contributed by atoms with Crippen LogP contribution in [0.25, 0.3) is 0 Å². The van der Waals surface area contributed by atoms with E-state index in [0.717, 1.165) is 0 Å². The van der Waals surface area contributed by atoms with Gasteiger partial charge in [0.25, 0.3) is 0 Å². The first-order chi connectivity index (χ1) is 9.70. The van der Waals surface area contributed by atoms with E-state index in [0.29, 0.717) is 11.4 Å². The zero-order valence-electron chi connectivity index (χ0n) is 11.0. The van der Waals surface area contributed by atoms with E-state index < -0.39 is 5.97 Å². The molecule has 0 heterocycles. The predicted molar refractivity (Wildman–Crippen MR) is 74.7 cm³/mol. The monoisotopic (exact) mass is 270 g/mol. The second kappa shape index (κ2) is 6.47. The Morgan fingerprint density at radius 2 is 1.80 bits per heavy atom. The highest BCUT2D eigenvalue weighted by atomic mass is 16.5. The highest BCUT2D eigenvalue weighted by Gasteiger charge is 2.12. The third-order valence-corrected chi connectivity index (χ3v) is 2.51. The largest absolute Gasteiger partial charge is 0.507 e. The smallest absolute Gasteiger partial charge is 0.341 e. The van der Waals surface area contributed by atoms with Gasteiger partial charge in [-0.05, 0) is 37.3 Å². The average molecular weight is 270 g/mol. The molecule has 5 nitrogen and oxygen atoms in total. The second-order valence-electron chi connectivity index (χ2n) is 3.96. The summed E-state index contributed by atoms with van der Waals surface area (Å²) in [6, 6.07) is 13.6. The maximum absolute atomic E-state index is 11.6. The first-order valence-electron chi connectivity index (χ1n) is 6.17. The molecule has 0 spiro atoms. The SMILES string of the molecule is CCOC(=O)c1cc(/N=N/c2ccccc2)ccc1O. The van der Waals surface area contributed by atoms with E-state index >= 15 is 0 Å². The van der Waals surface area contributed by atoms with Gasteiger partial charge in [0.2, 0.25) is 0 Å². The minimum Gasteiger partial charge on any atom is -0.507 e. The van der Waals surface area contributed by atoms with Crippen molar-refractivity contribution in [2.75, 3.05) is 6.61 Å². The van der Waals surface area contributed by atoms with Gasteiger partial charge in [-0.1, -0.05) is 18.2 Å². The molecule has 0 aliphatic heterocycles. The highest BCUT2D eigenvalue weighted by Crippen LogP contribution is 2.25. The lowest BCUT2D eigenvalue weighted by Gasteiger charge is -2.04. The van der Waals surface area contributed by atoms with Crippen LogP contribution in [0, 0.1) is 0 Å². The maximum atomic E-state index is 11.6. The Labute approximate surface area is 116 Å². The topological polar surface area (TPSA) is 71.2 Å². The summed E-state index contributed by atoms with van der Waals surface area (Å²) in [7, 11) is 0. The van der Waals surface area contributed by atoms with Crippen LogP contribution in [0.1, 0.15) is 17.3 Å². The number of phenols is 1. The molecule has 0 saturated heterocycles. The Bertz CT molecular complexity index is 624. The van der Waals surface area contributed by atoms with Gasteiger partial charge in [-0.25, -0.2) is 4.79 Å². The molecule has 20 heavy (non-hydrogen) atoms. The van der Waals surface area contributed by atoms with Crippen LogP contribution in [0.5, 0.6) is 5.75 Å². The van der Waals surface area contributed by atoms with E-state index in [1.807, 2.05) is 30.3 Å². The van der Waals surface area contributed by atoms with Crippen LogP contribution in [-0.4, -0.2) is 17.7 Å². The van der Waals surface area contributed by atoms with Crippen molar-refractivity contribution in [1.82, 2.24) is 0 Å². The average Bonchev–Trinajstić information content (AvgIpc) is 2.47. The van der Waals surface area contributed by atoms with Crippen molar-refractivity contribution in [1.29, 1.82) is 0 Å². The molecular formula is C15H14N2O3. The predicted octanol–water partition coefficient (Wildman–Crippen LogP) is 3.98. The number of benzene rings is 2. The molecule has 0 fully saturated rings. The fourth-order valence-corrected chi connectivity index (χ4v) is 1.57. The number of phenolic OH excluding ortho intramolecular Hbond substituents is 1. The lowest BCUT2D eigenvalue weighted by molar-refractivity contribution is 0.0523. The third kappa shape index (κ3) is 3.41. The molecule has 0 bridgehead atoms. The fourth-order valence-electron chi connectivity index (χ4n) is 1.57. The number of aromatic hydroxyl groups is 1. The van der Waals surface area contributed by atoms with Crippen molar-refractivity contribution in [3.05, 3.63) is 54.1 Å². The van der Waals surface area contributed by atoms with E-state index in [9.17, 15) is 9.90 Å². The minimum absolute atomic E-state index is 0.0800. The van der Waals surface area contributed by atoms with Crippen LogP contribution in [0.2, 0.25) is 0 Å².